The third-order valence-electron chi connectivity index (χ3n) is 8.40. The third kappa shape index (κ3) is 3.51. The molecule has 0 N–H and O–H groups in total. The molecule has 4 aliphatic carbocycles. The molecular weight excluding hydrogens is 384 g/mol. The van der Waals surface area contributed by atoms with E-state index in [4.69, 9.17) is 9.47 Å². The van der Waals surface area contributed by atoms with Crippen LogP contribution >= 0.6 is 0 Å². The van der Waals surface area contributed by atoms with Crippen molar-refractivity contribution >= 4 is 5.78 Å². The number of carbonyl (C=O) groups excluding carboxylic acids is 1. The molecule has 162 valence electrons. The monoisotopic (exact) mass is 416 g/mol. The van der Waals surface area contributed by atoms with Crippen LogP contribution in [0.5, 0.6) is 5.75 Å². The lowest BCUT2D eigenvalue weighted by Gasteiger charge is -2.52. The fourth-order valence-electron chi connectivity index (χ4n) is 7.17. The van der Waals surface area contributed by atoms with Gasteiger partial charge in [-0.05, 0) is 90.7 Å². The van der Waals surface area contributed by atoms with Gasteiger partial charge in [0.2, 0.25) is 0 Å². The molecule has 31 heavy (non-hydrogen) atoms. The Morgan fingerprint density at radius 3 is 2.71 bits per heavy atom. The normalized spacial score (nSPS) is 31.6. The zero-order chi connectivity index (χ0) is 21.4. The summed E-state index contributed by atoms with van der Waals surface area (Å²) < 4.78 is 10.5. The van der Waals surface area contributed by atoms with Gasteiger partial charge < -0.3 is 9.47 Å². The highest BCUT2D eigenvalue weighted by molar-refractivity contribution is 5.93. The van der Waals surface area contributed by atoms with E-state index < -0.39 is 0 Å². The summed E-state index contributed by atoms with van der Waals surface area (Å²) in [7, 11) is 3.37. The van der Waals surface area contributed by atoms with Gasteiger partial charge in [-0.2, -0.15) is 0 Å². The van der Waals surface area contributed by atoms with Crippen molar-refractivity contribution in [1.29, 1.82) is 0 Å². The predicted molar refractivity (Wildman–Crippen MR) is 122 cm³/mol. The molecule has 3 nitrogen and oxygen atoms in total. The molecule has 1 unspecified atom stereocenters. The molecule has 2 saturated carbocycles. The number of hydrogen-bond donors (Lipinski definition) is 0. The number of fused-ring (bicyclic) bond motifs is 4. The minimum absolute atomic E-state index is 0.274. The Bertz CT molecular complexity index is 987. The molecule has 0 radical (unpaired) electrons. The summed E-state index contributed by atoms with van der Waals surface area (Å²) in [5, 5.41) is 0. The molecule has 1 aromatic rings. The van der Waals surface area contributed by atoms with Crippen molar-refractivity contribution in [3.63, 3.8) is 0 Å². The van der Waals surface area contributed by atoms with E-state index in [1.807, 2.05) is 6.08 Å². The van der Waals surface area contributed by atoms with E-state index in [1.54, 1.807) is 19.8 Å². The first-order valence-corrected chi connectivity index (χ1v) is 11.8. The van der Waals surface area contributed by atoms with Gasteiger partial charge in [-0.15, -0.1) is 0 Å². The smallest absolute Gasteiger partial charge is 0.156 e. The second kappa shape index (κ2) is 8.23. The number of ketones is 1. The molecule has 1 aromatic carbocycles. The maximum absolute atomic E-state index is 12.1. The molecule has 0 spiro atoms. The Morgan fingerprint density at radius 2 is 1.94 bits per heavy atom. The first-order chi connectivity index (χ1) is 15.1. The van der Waals surface area contributed by atoms with Crippen LogP contribution in [0.15, 0.2) is 47.1 Å². The standard InChI is InChI=1S/C28H32O3/c1-30-16-4-15-28-14-3-5-26(28)24-12-8-20-17-21(29)9-13-23(20)27(24)25(18-28)19-6-10-22(31-2)11-7-19/h6-7,10-11,17,24-26H,3,5,8-9,12-15,18H2,1-2H3/t24-,25+,26-,28?/m0/s1. The molecule has 4 atom stereocenters. The zero-order valence-corrected chi connectivity index (χ0v) is 18.7. The average molecular weight is 417 g/mol. The molecule has 0 aliphatic heterocycles. The number of ether oxygens (including phenoxy) is 2. The molecule has 4 aliphatic rings. The fourth-order valence-corrected chi connectivity index (χ4v) is 7.17. The molecule has 0 saturated heterocycles. The lowest BCUT2D eigenvalue weighted by molar-refractivity contribution is -0.114. The second-order valence-electron chi connectivity index (χ2n) is 9.77. The molecule has 0 amide bonds. The van der Waals surface area contributed by atoms with Gasteiger partial charge in [-0.1, -0.05) is 30.0 Å². The van der Waals surface area contributed by atoms with Crippen molar-refractivity contribution in [3.05, 3.63) is 52.6 Å². The molecule has 0 aromatic heterocycles. The number of carbonyl (C=O) groups is 1. The van der Waals surface area contributed by atoms with E-state index in [1.165, 1.54) is 42.4 Å². The Kier molecular flexibility index (Phi) is 5.42. The fraction of sp³-hybridized carbons (Fsp3) is 0.536. The van der Waals surface area contributed by atoms with Crippen LogP contribution in [-0.4, -0.2) is 20.0 Å². The lowest BCUT2D eigenvalue weighted by atomic mass is 9.52. The lowest BCUT2D eigenvalue weighted by Crippen LogP contribution is -2.42. The summed E-state index contributed by atoms with van der Waals surface area (Å²) in [5.74, 6) is 6.29. The molecule has 5 rings (SSSR count). The van der Waals surface area contributed by atoms with E-state index in [0.29, 0.717) is 30.0 Å². The highest BCUT2D eigenvalue weighted by Gasteiger charge is 2.54. The van der Waals surface area contributed by atoms with Gasteiger partial charge in [0.25, 0.3) is 0 Å². The number of methoxy groups -OCH3 is 2. The Labute approximate surface area is 185 Å². The van der Waals surface area contributed by atoms with Crippen molar-refractivity contribution in [2.24, 2.45) is 17.3 Å². The first kappa shape index (κ1) is 20.4. The number of rotatable bonds is 3. The Balaban J connectivity index is 1.63. The van der Waals surface area contributed by atoms with Crippen LogP contribution in [-0.2, 0) is 9.53 Å². The second-order valence-corrected chi connectivity index (χ2v) is 9.77. The minimum atomic E-state index is 0.274. The highest BCUT2D eigenvalue weighted by atomic mass is 16.5. The quantitative estimate of drug-likeness (QED) is 0.570. The van der Waals surface area contributed by atoms with E-state index in [2.05, 4.69) is 36.3 Å². The van der Waals surface area contributed by atoms with Gasteiger partial charge in [0.1, 0.15) is 11.9 Å². The summed E-state index contributed by atoms with van der Waals surface area (Å²) in [5.41, 5.74) is 6.15. The van der Waals surface area contributed by atoms with Crippen LogP contribution in [0.1, 0.15) is 69.3 Å². The van der Waals surface area contributed by atoms with Crippen LogP contribution in [0.25, 0.3) is 0 Å². The van der Waals surface area contributed by atoms with Gasteiger partial charge in [-0.3, -0.25) is 4.79 Å². The van der Waals surface area contributed by atoms with E-state index in [-0.39, 0.29) is 5.41 Å². The van der Waals surface area contributed by atoms with E-state index in [0.717, 1.165) is 31.4 Å². The Hall–Kier alpha value is -2.47. The summed E-state index contributed by atoms with van der Waals surface area (Å²) in [6.45, 7) is 0. The van der Waals surface area contributed by atoms with Gasteiger partial charge in [0.15, 0.2) is 5.78 Å². The van der Waals surface area contributed by atoms with Crippen LogP contribution in [0, 0.1) is 29.3 Å². The van der Waals surface area contributed by atoms with Crippen LogP contribution in [0.2, 0.25) is 0 Å². The van der Waals surface area contributed by atoms with Gasteiger partial charge in [-0.25, -0.2) is 0 Å². The van der Waals surface area contributed by atoms with Gasteiger partial charge >= 0.3 is 0 Å². The van der Waals surface area contributed by atoms with Crippen molar-refractivity contribution in [2.75, 3.05) is 14.2 Å². The Morgan fingerprint density at radius 1 is 1.10 bits per heavy atom. The molecule has 3 heteroatoms. The van der Waals surface area contributed by atoms with Crippen molar-refractivity contribution in [3.8, 4) is 17.8 Å². The van der Waals surface area contributed by atoms with E-state index >= 15 is 0 Å². The number of benzene rings is 1. The SMILES string of the molecule is COC#CCC12CCC[C@H]1[C@@H]1CCC3=CC(=O)CCC3=C1[C@@H](c1ccc(OC)cc1)C2. The average Bonchev–Trinajstić information content (AvgIpc) is 3.22. The highest BCUT2D eigenvalue weighted by Crippen LogP contribution is 2.65. The summed E-state index contributed by atoms with van der Waals surface area (Å²) in [4.78, 5) is 12.1. The van der Waals surface area contributed by atoms with Crippen molar-refractivity contribution in [1.82, 2.24) is 0 Å². The van der Waals surface area contributed by atoms with Gasteiger partial charge in [0.05, 0.1) is 14.2 Å². The maximum Gasteiger partial charge on any atom is 0.156 e. The molecule has 0 heterocycles. The number of allylic oxidation sites excluding steroid dienone is 4. The van der Waals surface area contributed by atoms with E-state index in [9.17, 15) is 4.79 Å². The topological polar surface area (TPSA) is 35.5 Å². The van der Waals surface area contributed by atoms with Crippen LogP contribution in [0.3, 0.4) is 0 Å². The first-order valence-electron chi connectivity index (χ1n) is 11.8. The largest absolute Gasteiger partial charge is 0.497 e. The van der Waals surface area contributed by atoms with Crippen LogP contribution < -0.4 is 4.74 Å². The molecule has 0 bridgehead atoms. The summed E-state index contributed by atoms with van der Waals surface area (Å²) >= 11 is 0. The van der Waals surface area contributed by atoms with Gasteiger partial charge in [0, 0.05) is 18.8 Å². The number of hydrogen-bond acceptors (Lipinski definition) is 3. The zero-order valence-electron chi connectivity index (χ0n) is 18.7. The summed E-state index contributed by atoms with van der Waals surface area (Å²) in [6, 6.07) is 8.70. The van der Waals surface area contributed by atoms with Crippen molar-refractivity contribution in [2.45, 2.75) is 63.7 Å². The summed E-state index contributed by atoms with van der Waals surface area (Å²) in [6.07, 6.45) is 14.6. The molecular formula is C28H32O3. The third-order valence-corrected chi connectivity index (χ3v) is 8.40. The van der Waals surface area contributed by atoms with Crippen molar-refractivity contribution < 1.29 is 14.3 Å². The maximum atomic E-state index is 12.1. The minimum Gasteiger partial charge on any atom is -0.497 e. The predicted octanol–water partition coefficient (Wildman–Crippen LogP) is 5.96. The molecule has 2 fully saturated rings. The van der Waals surface area contributed by atoms with Crippen LogP contribution in [0.4, 0.5) is 0 Å².